The van der Waals surface area contributed by atoms with Crippen LogP contribution in [0.2, 0.25) is 0 Å². The fourth-order valence-electron chi connectivity index (χ4n) is 4.18. The summed E-state index contributed by atoms with van der Waals surface area (Å²) in [5.74, 6) is -0.277. The molecule has 2 aromatic carbocycles. The van der Waals surface area contributed by atoms with Crippen LogP contribution in [0.3, 0.4) is 0 Å². The number of carbonyl (C=O) groups excluding carboxylic acids is 1. The second-order valence-corrected chi connectivity index (χ2v) is 10.3. The molecule has 0 saturated carbocycles. The number of benzene rings is 2. The number of nitrogens with zero attached hydrogens (tertiary/aromatic N) is 3. The number of rotatable bonds is 5. The van der Waals surface area contributed by atoms with Gasteiger partial charge in [0, 0.05) is 44.1 Å². The van der Waals surface area contributed by atoms with E-state index in [1.54, 1.807) is 24.3 Å². The Bertz CT molecular complexity index is 1010. The molecule has 2 heterocycles. The third-order valence-corrected chi connectivity index (χ3v) is 8.06. The molecule has 31 heavy (non-hydrogen) atoms. The van der Waals surface area contributed by atoms with Gasteiger partial charge in [-0.25, -0.2) is 8.42 Å². The molecular weight excluding hydrogens is 412 g/mol. The lowest BCUT2D eigenvalue weighted by Gasteiger charge is -2.34. The quantitative estimate of drug-likeness (QED) is 0.771. The van der Waals surface area contributed by atoms with E-state index in [0.717, 1.165) is 37.4 Å². The van der Waals surface area contributed by atoms with Crippen molar-refractivity contribution in [2.45, 2.75) is 30.7 Å². The van der Waals surface area contributed by atoms with Crippen molar-refractivity contribution in [3.05, 3.63) is 54.1 Å². The fourth-order valence-corrected chi connectivity index (χ4v) is 5.84. The molecule has 2 aromatic rings. The lowest BCUT2D eigenvalue weighted by atomic mass is 10.2. The fraction of sp³-hybridized carbons (Fsp3) is 0.435. The van der Waals surface area contributed by atoms with Gasteiger partial charge in [-0.15, -0.1) is 0 Å². The highest BCUT2D eigenvalue weighted by Gasteiger charge is 2.39. The van der Waals surface area contributed by atoms with Crippen LogP contribution in [0.5, 0.6) is 0 Å². The van der Waals surface area contributed by atoms with Crippen molar-refractivity contribution in [2.24, 2.45) is 0 Å². The van der Waals surface area contributed by atoms with Crippen LogP contribution in [0.15, 0.2) is 53.4 Å². The zero-order chi connectivity index (χ0) is 22.0. The first kappa shape index (κ1) is 21.8. The zero-order valence-electron chi connectivity index (χ0n) is 18.1. The Morgan fingerprint density at radius 1 is 0.935 bits per heavy atom. The van der Waals surface area contributed by atoms with E-state index in [2.05, 4.69) is 22.2 Å². The topological polar surface area (TPSA) is 73.0 Å². The molecule has 1 N–H and O–H groups in total. The van der Waals surface area contributed by atoms with Gasteiger partial charge in [-0.3, -0.25) is 4.79 Å². The van der Waals surface area contributed by atoms with Crippen molar-refractivity contribution in [3.63, 3.8) is 0 Å². The van der Waals surface area contributed by atoms with Crippen molar-refractivity contribution in [3.8, 4) is 0 Å². The first-order chi connectivity index (χ1) is 14.8. The van der Waals surface area contributed by atoms with Gasteiger partial charge in [0.1, 0.15) is 6.04 Å². The summed E-state index contributed by atoms with van der Waals surface area (Å²) in [4.78, 5) is 17.8. The van der Waals surface area contributed by atoms with Crippen LogP contribution in [-0.2, 0) is 14.8 Å². The lowest BCUT2D eigenvalue weighted by Crippen LogP contribution is -2.44. The highest BCUT2D eigenvalue weighted by Crippen LogP contribution is 2.27. The second-order valence-electron chi connectivity index (χ2n) is 8.41. The lowest BCUT2D eigenvalue weighted by molar-refractivity contribution is -0.119. The van der Waals surface area contributed by atoms with Gasteiger partial charge in [0.15, 0.2) is 0 Å². The van der Waals surface area contributed by atoms with Crippen LogP contribution < -0.4 is 10.2 Å². The van der Waals surface area contributed by atoms with E-state index in [-0.39, 0.29) is 10.8 Å². The molecule has 2 fully saturated rings. The molecule has 8 heteroatoms. The standard InChI is InChI=1S/C23H30N4O3S/c1-18-5-11-21(12-6-18)31(29,30)27-13-3-4-22(27)23(28)24-19-7-9-20(10-8-19)26-16-14-25(2)15-17-26/h5-12,22H,3-4,13-17H2,1-2H3,(H,24,28). The van der Waals surface area contributed by atoms with Gasteiger partial charge < -0.3 is 15.1 Å². The summed E-state index contributed by atoms with van der Waals surface area (Å²) >= 11 is 0. The number of anilines is 2. The summed E-state index contributed by atoms with van der Waals surface area (Å²) in [5.41, 5.74) is 2.81. The van der Waals surface area contributed by atoms with E-state index in [1.807, 2.05) is 31.2 Å². The van der Waals surface area contributed by atoms with Gasteiger partial charge in [0.05, 0.1) is 4.90 Å². The van der Waals surface area contributed by atoms with Crippen LogP contribution in [0.1, 0.15) is 18.4 Å². The van der Waals surface area contributed by atoms with Gasteiger partial charge in [-0.1, -0.05) is 17.7 Å². The Kier molecular flexibility index (Phi) is 6.31. The third kappa shape index (κ3) is 4.76. The van der Waals surface area contributed by atoms with Crippen molar-refractivity contribution in [1.82, 2.24) is 9.21 Å². The number of sulfonamides is 1. The smallest absolute Gasteiger partial charge is 0.243 e. The molecule has 1 amide bonds. The summed E-state index contributed by atoms with van der Waals surface area (Å²) in [7, 11) is -1.58. The summed E-state index contributed by atoms with van der Waals surface area (Å²) in [6.07, 6.45) is 1.20. The SMILES string of the molecule is Cc1ccc(S(=O)(=O)N2CCCC2C(=O)Nc2ccc(N3CCN(C)CC3)cc2)cc1. The largest absolute Gasteiger partial charge is 0.369 e. The Hall–Kier alpha value is -2.42. The van der Waals surface area contributed by atoms with Crippen LogP contribution in [0.25, 0.3) is 0 Å². The average Bonchev–Trinajstić information content (AvgIpc) is 3.26. The number of hydrogen-bond acceptors (Lipinski definition) is 5. The van der Waals surface area contributed by atoms with Gasteiger partial charge in [-0.05, 0) is 63.2 Å². The van der Waals surface area contributed by atoms with Crippen molar-refractivity contribution in [2.75, 3.05) is 50.0 Å². The molecule has 4 rings (SSSR count). The number of piperazine rings is 1. The van der Waals surface area contributed by atoms with Crippen LogP contribution in [-0.4, -0.2) is 69.3 Å². The predicted octanol–water partition coefficient (Wildman–Crippen LogP) is 2.54. The minimum atomic E-state index is -3.71. The summed E-state index contributed by atoms with van der Waals surface area (Å²) in [6.45, 7) is 6.30. The molecule has 0 aromatic heterocycles. The number of likely N-dealkylation sites (N-methyl/N-ethyl adjacent to an activating group) is 1. The molecule has 166 valence electrons. The van der Waals surface area contributed by atoms with Gasteiger partial charge in [0.25, 0.3) is 0 Å². The van der Waals surface area contributed by atoms with Crippen molar-refractivity contribution in [1.29, 1.82) is 0 Å². The molecule has 0 radical (unpaired) electrons. The Morgan fingerprint density at radius 3 is 2.23 bits per heavy atom. The molecule has 0 bridgehead atoms. The number of hydrogen-bond donors (Lipinski definition) is 1. The van der Waals surface area contributed by atoms with E-state index in [0.29, 0.717) is 25.1 Å². The van der Waals surface area contributed by atoms with Crippen molar-refractivity contribution >= 4 is 27.3 Å². The van der Waals surface area contributed by atoms with Gasteiger partial charge in [-0.2, -0.15) is 4.31 Å². The maximum atomic E-state index is 13.1. The van der Waals surface area contributed by atoms with Crippen LogP contribution in [0.4, 0.5) is 11.4 Å². The summed E-state index contributed by atoms with van der Waals surface area (Å²) in [5, 5.41) is 2.91. The maximum absolute atomic E-state index is 13.1. The van der Waals surface area contributed by atoms with Gasteiger partial charge in [0.2, 0.25) is 15.9 Å². The first-order valence-electron chi connectivity index (χ1n) is 10.8. The number of amides is 1. The van der Waals surface area contributed by atoms with E-state index in [4.69, 9.17) is 0 Å². The Labute approximate surface area is 184 Å². The second kappa shape index (κ2) is 8.98. The molecule has 0 spiro atoms. The Balaban J connectivity index is 1.43. The molecule has 2 aliphatic rings. The predicted molar refractivity (Wildman–Crippen MR) is 123 cm³/mol. The Morgan fingerprint density at radius 2 is 1.58 bits per heavy atom. The van der Waals surface area contributed by atoms with Gasteiger partial charge >= 0.3 is 0 Å². The maximum Gasteiger partial charge on any atom is 0.243 e. The monoisotopic (exact) mass is 442 g/mol. The van der Waals surface area contributed by atoms with E-state index >= 15 is 0 Å². The normalized spacial score (nSPS) is 20.7. The van der Waals surface area contributed by atoms with Crippen molar-refractivity contribution < 1.29 is 13.2 Å². The van der Waals surface area contributed by atoms with E-state index in [1.165, 1.54) is 4.31 Å². The molecule has 1 unspecified atom stereocenters. The van der Waals surface area contributed by atoms with Crippen LogP contribution in [0, 0.1) is 6.92 Å². The minimum Gasteiger partial charge on any atom is -0.369 e. The molecule has 0 aliphatic carbocycles. The third-order valence-electron chi connectivity index (χ3n) is 6.14. The highest BCUT2D eigenvalue weighted by molar-refractivity contribution is 7.89. The molecular formula is C23H30N4O3S. The number of aryl methyl sites for hydroxylation is 1. The number of carbonyl (C=O) groups is 1. The average molecular weight is 443 g/mol. The minimum absolute atomic E-state index is 0.231. The van der Waals surface area contributed by atoms with E-state index in [9.17, 15) is 13.2 Å². The molecule has 2 aliphatic heterocycles. The summed E-state index contributed by atoms with van der Waals surface area (Å²) < 4.78 is 27.5. The van der Waals surface area contributed by atoms with E-state index < -0.39 is 16.1 Å². The van der Waals surface area contributed by atoms with Crippen LogP contribution >= 0.6 is 0 Å². The molecule has 1 atom stereocenters. The number of nitrogens with one attached hydrogen (secondary N) is 1. The highest BCUT2D eigenvalue weighted by atomic mass is 32.2. The molecule has 2 saturated heterocycles. The molecule has 7 nitrogen and oxygen atoms in total. The first-order valence-corrected chi connectivity index (χ1v) is 12.2. The zero-order valence-corrected chi connectivity index (χ0v) is 18.9. The summed E-state index contributed by atoms with van der Waals surface area (Å²) in [6, 6.07) is 13.9.